The summed E-state index contributed by atoms with van der Waals surface area (Å²) in [7, 11) is -4.05. The molecule has 2 amide bonds. The summed E-state index contributed by atoms with van der Waals surface area (Å²) in [4.78, 5) is 32.5. The lowest BCUT2D eigenvalue weighted by molar-refractivity contribution is -0.129. The maximum absolute atomic E-state index is 13.0. The molecule has 206 valence electrons. The monoisotopic (exact) mass is 581 g/mol. The lowest BCUT2D eigenvalue weighted by Gasteiger charge is -2.12. The number of sulfonamides is 1. The molecule has 0 fully saturated rings. The van der Waals surface area contributed by atoms with Gasteiger partial charge in [0, 0.05) is 23.5 Å². The number of carbonyl (C=O) groups excluding carboxylic acids is 2. The maximum Gasteiger partial charge on any atom is 0.263 e. The minimum absolute atomic E-state index is 0.0175. The fourth-order valence-corrected chi connectivity index (χ4v) is 4.87. The molecule has 40 heavy (non-hydrogen) atoms. The van der Waals surface area contributed by atoms with Gasteiger partial charge in [-0.05, 0) is 61.5 Å². The number of nitrogens with zero attached hydrogens (tertiary/aromatic N) is 2. The fourth-order valence-electron chi connectivity index (χ4n) is 3.62. The summed E-state index contributed by atoms with van der Waals surface area (Å²) in [6.45, 7) is 1.53. The Bertz CT molecular complexity index is 1650. The minimum atomic E-state index is -4.05. The first kappa shape index (κ1) is 28.5. The van der Waals surface area contributed by atoms with E-state index in [9.17, 15) is 18.0 Å². The molecule has 0 bridgehead atoms. The van der Waals surface area contributed by atoms with Gasteiger partial charge in [-0.2, -0.15) is 0 Å². The maximum atomic E-state index is 13.0. The molecule has 4 rings (SSSR count). The Morgan fingerprint density at radius 1 is 1.02 bits per heavy atom. The molecule has 13 heteroatoms. The number of hydrogen-bond donors (Lipinski definition) is 4. The van der Waals surface area contributed by atoms with Crippen LogP contribution in [0.25, 0.3) is 11.3 Å². The molecule has 2 aromatic heterocycles. The van der Waals surface area contributed by atoms with E-state index in [0.29, 0.717) is 27.7 Å². The highest BCUT2D eigenvalue weighted by Gasteiger charge is 2.18. The number of anilines is 2. The Hall–Kier alpha value is -4.52. The van der Waals surface area contributed by atoms with Crippen molar-refractivity contribution in [3.8, 4) is 17.0 Å². The van der Waals surface area contributed by atoms with Crippen molar-refractivity contribution in [1.29, 1.82) is 0 Å². The summed E-state index contributed by atoms with van der Waals surface area (Å²) in [5.74, 6) is -0.832. The predicted molar refractivity (Wildman–Crippen MR) is 149 cm³/mol. The standard InChI is InChI=1S/C27H24ClN5O6S/c1-17-21(27(35)31-18-8-10-23(28)22(15-18)24-7-2-3-13-29-24)9-11-25(30-17)33-40(37,38)20-6-4-5-19(16-20)39-14-12-26(34)32-36/h2-11,13,15-16,36H,12,14H2,1H3,(H,30,33)(H,31,35)(H,32,34). The van der Waals surface area contributed by atoms with Gasteiger partial charge in [-0.25, -0.2) is 18.9 Å². The number of carbonyl (C=O) groups is 2. The third-order valence-corrected chi connectivity index (χ3v) is 7.25. The summed E-state index contributed by atoms with van der Waals surface area (Å²) in [6, 6.07) is 19.0. The molecule has 0 radical (unpaired) electrons. The van der Waals surface area contributed by atoms with Crippen molar-refractivity contribution in [1.82, 2.24) is 15.4 Å². The second-order valence-electron chi connectivity index (χ2n) is 8.41. The van der Waals surface area contributed by atoms with Crippen LogP contribution in [0.3, 0.4) is 0 Å². The van der Waals surface area contributed by atoms with Crippen molar-refractivity contribution in [2.45, 2.75) is 18.2 Å². The van der Waals surface area contributed by atoms with Crippen molar-refractivity contribution in [2.24, 2.45) is 0 Å². The van der Waals surface area contributed by atoms with Gasteiger partial charge in [-0.3, -0.25) is 24.5 Å². The molecule has 0 aliphatic carbocycles. The normalized spacial score (nSPS) is 11.0. The van der Waals surface area contributed by atoms with E-state index in [1.807, 2.05) is 12.1 Å². The van der Waals surface area contributed by atoms with Gasteiger partial charge in [0.25, 0.3) is 15.9 Å². The lowest BCUT2D eigenvalue weighted by atomic mass is 10.1. The van der Waals surface area contributed by atoms with Crippen molar-refractivity contribution >= 4 is 44.9 Å². The Morgan fingerprint density at radius 2 is 1.85 bits per heavy atom. The molecule has 0 atom stereocenters. The topological polar surface area (TPSA) is 160 Å². The number of benzene rings is 2. The van der Waals surface area contributed by atoms with Crippen LogP contribution in [0.5, 0.6) is 5.75 Å². The van der Waals surface area contributed by atoms with E-state index in [-0.39, 0.29) is 35.1 Å². The first-order chi connectivity index (χ1) is 19.2. The van der Waals surface area contributed by atoms with E-state index in [0.717, 1.165) is 0 Å². The van der Waals surface area contributed by atoms with E-state index in [1.165, 1.54) is 41.9 Å². The number of nitrogens with one attached hydrogen (secondary N) is 3. The second-order valence-corrected chi connectivity index (χ2v) is 10.5. The first-order valence-electron chi connectivity index (χ1n) is 11.8. The average molecular weight is 582 g/mol. The Morgan fingerprint density at radius 3 is 2.58 bits per heavy atom. The highest BCUT2D eigenvalue weighted by Crippen LogP contribution is 2.29. The van der Waals surface area contributed by atoms with Crippen LogP contribution < -0.4 is 20.3 Å². The van der Waals surface area contributed by atoms with Gasteiger partial charge in [-0.1, -0.05) is 23.7 Å². The van der Waals surface area contributed by atoms with Crippen molar-refractivity contribution in [2.75, 3.05) is 16.6 Å². The number of rotatable bonds is 10. The van der Waals surface area contributed by atoms with E-state index in [1.54, 1.807) is 37.4 Å². The largest absolute Gasteiger partial charge is 0.493 e. The molecule has 2 heterocycles. The van der Waals surface area contributed by atoms with Crippen LogP contribution >= 0.6 is 11.6 Å². The van der Waals surface area contributed by atoms with Gasteiger partial charge >= 0.3 is 0 Å². The Balaban J connectivity index is 1.45. The Kier molecular flexibility index (Phi) is 8.94. The summed E-state index contributed by atoms with van der Waals surface area (Å²) in [5, 5.41) is 11.8. The van der Waals surface area contributed by atoms with Crippen LogP contribution in [-0.2, 0) is 14.8 Å². The van der Waals surface area contributed by atoms with Crippen LogP contribution in [0.2, 0.25) is 5.02 Å². The van der Waals surface area contributed by atoms with E-state index in [4.69, 9.17) is 21.5 Å². The van der Waals surface area contributed by atoms with Gasteiger partial charge in [-0.15, -0.1) is 0 Å². The molecule has 0 aliphatic heterocycles. The third kappa shape index (κ3) is 7.11. The molecule has 2 aromatic carbocycles. The number of aryl methyl sites for hydroxylation is 1. The SMILES string of the molecule is Cc1nc(NS(=O)(=O)c2cccc(OCCC(=O)NO)c2)ccc1C(=O)Nc1ccc(Cl)c(-c2ccccn2)c1. The van der Waals surface area contributed by atoms with Crippen LogP contribution in [0.1, 0.15) is 22.5 Å². The third-order valence-electron chi connectivity index (χ3n) is 5.57. The highest BCUT2D eigenvalue weighted by molar-refractivity contribution is 7.92. The van der Waals surface area contributed by atoms with Gasteiger partial charge < -0.3 is 10.1 Å². The van der Waals surface area contributed by atoms with Crippen LogP contribution in [0.4, 0.5) is 11.5 Å². The van der Waals surface area contributed by atoms with Crippen LogP contribution in [-0.4, -0.2) is 42.0 Å². The number of halogens is 1. The molecule has 0 aliphatic rings. The number of hydrogen-bond acceptors (Lipinski definition) is 8. The summed E-state index contributed by atoms with van der Waals surface area (Å²) >= 11 is 6.32. The molecule has 0 spiro atoms. The molecule has 0 saturated heterocycles. The van der Waals surface area contributed by atoms with Crippen LogP contribution in [0, 0.1) is 6.92 Å². The number of amides is 2. The fraction of sp³-hybridized carbons (Fsp3) is 0.111. The zero-order valence-electron chi connectivity index (χ0n) is 21.1. The van der Waals surface area contributed by atoms with Crippen LogP contribution in [0.15, 0.2) is 83.9 Å². The first-order valence-corrected chi connectivity index (χ1v) is 13.7. The summed E-state index contributed by atoms with van der Waals surface area (Å²) < 4.78 is 33.6. The van der Waals surface area contributed by atoms with E-state index < -0.39 is 21.8 Å². The molecular weight excluding hydrogens is 558 g/mol. The van der Waals surface area contributed by atoms with Gasteiger partial charge in [0.2, 0.25) is 5.91 Å². The predicted octanol–water partition coefficient (Wildman–Crippen LogP) is 4.43. The number of aromatic nitrogens is 2. The smallest absolute Gasteiger partial charge is 0.263 e. The zero-order chi connectivity index (χ0) is 28.7. The number of pyridine rings is 2. The lowest BCUT2D eigenvalue weighted by Crippen LogP contribution is -2.20. The van der Waals surface area contributed by atoms with E-state index in [2.05, 4.69) is 20.0 Å². The van der Waals surface area contributed by atoms with Crippen molar-refractivity contribution in [3.63, 3.8) is 0 Å². The second kappa shape index (κ2) is 12.6. The van der Waals surface area contributed by atoms with Gasteiger partial charge in [0.05, 0.1) is 39.9 Å². The summed E-state index contributed by atoms with van der Waals surface area (Å²) in [5.41, 5.74) is 3.85. The number of ether oxygens (including phenoxy) is 1. The van der Waals surface area contributed by atoms with Crippen molar-refractivity contribution < 1.29 is 28.0 Å². The van der Waals surface area contributed by atoms with Gasteiger partial charge in [0.1, 0.15) is 11.6 Å². The minimum Gasteiger partial charge on any atom is -0.493 e. The highest BCUT2D eigenvalue weighted by atomic mass is 35.5. The van der Waals surface area contributed by atoms with E-state index >= 15 is 0 Å². The Labute approximate surface area is 235 Å². The van der Waals surface area contributed by atoms with Gasteiger partial charge in [0.15, 0.2) is 0 Å². The molecular formula is C27H24ClN5O6S. The molecule has 11 nitrogen and oxygen atoms in total. The molecule has 0 saturated carbocycles. The molecule has 4 aromatic rings. The van der Waals surface area contributed by atoms with Crippen molar-refractivity contribution in [3.05, 3.63) is 95.3 Å². The molecule has 0 unspecified atom stereocenters. The zero-order valence-corrected chi connectivity index (χ0v) is 22.7. The number of hydroxylamine groups is 1. The average Bonchev–Trinajstić information content (AvgIpc) is 2.94. The molecule has 4 N–H and O–H groups in total. The summed E-state index contributed by atoms with van der Waals surface area (Å²) in [6.07, 6.45) is 1.53. The quantitative estimate of drug-likeness (QED) is 0.158.